The summed E-state index contributed by atoms with van der Waals surface area (Å²) in [6.07, 6.45) is -1.11. The summed E-state index contributed by atoms with van der Waals surface area (Å²) in [6.45, 7) is 3.90. The molecular formula is C7H11O4. The Morgan fingerprint density at radius 1 is 1.73 bits per heavy atom. The van der Waals surface area contributed by atoms with Crippen LogP contribution in [0.2, 0.25) is 0 Å². The van der Waals surface area contributed by atoms with Gasteiger partial charge in [0.1, 0.15) is 19.3 Å². The zero-order chi connectivity index (χ0) is 8.85. The Bertz CT molecular complexity index is 153. The first-order chi connectivity index (χ1) is 5.07. The molecule has 0 spiro atoms. The Morgan fingerprint density at radius 2 is 2.27 bits per heavy atom. The van der Waals surface area contributed by atoms with Gasteiger partial charge in [-0.05, 0) is 6.92 Å². The number of esters is 1. The second-order valence-electron chi connectivity index (χ2n) is 2.20. The van der Waals surface area contributed by atoms with E-state index in [1.165, 1.54) is 6.92 Å². The van der Waals surface area contributed by atoms with Crippen molar-refractivity contribution in [1.29, 1.82) is 0 Å². The standard InChI is InChI=1S/C7H11O4/c1-5(2)7(10)11-4-6(9)3-8/h6,9H,1,3-4H2,2H3/t6-/m1/s1. The largest absolute Gasteiger partial charge is 0.460 e. The third-order valence-corrected chi connectivity index (χ3v) is 0.948. The molecule has 0 aromatic rings. The van der Waals surface area contributed by atoms with Gasteiger partial charge < -0.3 is 9.84 Å². The Hall–Kier alpha value is -0.870. The maximum atomic E-state index is 10.6. The van der Waals surface area contributed by atoms with Crippen LogP contribution in [0.15, 0.2) is 12.2 Å². The van der Waals surface area contributed by atoms with Crippen LogP contribution in [0.3, 0.4) is 0 Å². The quantitative estimate of drug-likeness (QED) is 0.460. The van der Waals surface area contributed by atoms with Crippen molar-refractivity contribution >= 4 is 5.97 Å². The highest BCUT2D eigenvalue weighted by atomic mass is 16.5. The summed E-state index contributed by atoms with van der Waals surface area (Å²) < 4.78 is 4.47. The molecule has 0 saturated heterocycles. The second-order valence-corrected chi connectivity index (χ2v) is 2.20. The highest BCUT2D eigenvalue weighted by Gasteiger charge is 2.07. The number of rotatable bonds is 4. The lowest BCUT2D eigenvalue weighted by Gasteiger charge is -2.06. The molecule has 0 saturated carbocycles. The first-order valence-electron chi connectivity index (χ1n) is 3.16. The molecule has 0 amide bonds. The molecule has 0 heterocycles. The first kappa shape index (κ1) is 10.1. The van der Waals surface area contributed by atoms with E-state index in [9.17, 15) is 9.90 Å². The Balaban J connectivity index is 3.54. The van der Waals surface area contributed by atoms with Crippen LogP contribution in [-0.2, 0) is 14.6 Å². The van der Waals surface area contributed by atoms with Crippen LogP contribution in [0.4, 0.5) is 0 Å². The fraction of sp³-hybridized carbons (Fsp3) is 0.571. The second kappa shape index (κ2) is 4.87. The molecule has 0 rings (SSSR count). The lowest BCUT2D eigenvalue weighted by molar-refractivity contribution is -0.142. The zero-order valence-corrected chi connectivity index (χ0v) is 6.37. The molecule has 0 aliphatic carbocycles. The molecule has 1 atom stereocenters. The molecule has 0 unspecified atom stereocenters. The Morgan fingerprint density at radius 3 is 2.64 bits per heavy atom. The van der Waals surface area contributed by atoms with Crippen LogP contribution in [-0.4, -0.2) is 30.4 Å². The van der Waals surface area contributed by atoms with Crippen LogP contribution in [0.5, 0.6) is 0 Å². The van der Waals surface area contributed by atoms with Gasteiger partial charge in [-0.15, -0.1) is 0 Å². The summed E-state index contributed by atoms with van der Waals surface area (Å²) in [4.78, 5) is 10.6. The SMILES string of the molecule is C=C(C)C(=O)OC[C@H](O)C[O]. The number of ether oxygens (including phenoxy) is 1. The van der Waals surface area contributed by atoms with Gasteiger partial charge in [-0.2, -0.15) is 0 Å². The third-order valence-electron chi connectivity index (χ3n) is 0.948. The number of carbonyl (C=O) groups excluding carboxylic acids is 1. The van der Waals surface area contributed by atoms with Gasteiger partial charge in [0.25, 0.3) is 0 Å². The van der Waals surface area contributed by atoms with Crippen molar-refractivity contribution in [3.8, 4) is 0 Å². The number of hydrogen-bond donors (Lipinski definition) is 1. The predicted molar refractivity (Wildman–Crippen MR) is 37.3 cm³/mol. The van der Waals surface area contributed by atoms with E-state index in [4.69, 9.17) is 5.11 Å². The fourth-order valence-electron chi connectivity index (χ4n) is 0.343. The van der Waals surface area contributed by atoms with Crippen LogP contribution >= 0.6 is 0 Å². The summed E-state index contributed by atoms with van der Waals surface area (Å²) in [5.41, 5.74) is 0.253. The fourth-order valence-corrected chi connectivity index (χ4v) is 0.343. The van der Waals surface area contributed by atoms with E-state index >= 15 is 0 Å². The molecule has 0 fully saturated rings. The van der Waals surface area contributed by atoms with Crippen molar-refractivity contribution in [2.24, 2.45) is 0 Å². The maximum Gasteiger partial charge on any atom is 0.333 e. The van der Waals surface area contributed by atoms with Crippen molar-refractivity contribution < 1.29 is 19.7 Å². The molecule has 1 N–H and O–H groups in total. The monoisotopic (exact) mass is 159 g/mol. The van der Waals surface area contributed by atoms with E-state index in [-0.39, 0.29) is 12.2 Å². The maximum absolute atomic E-state index is 10.6. The van der Waals surface area contributed by atoms with Gasteiger partial charge in [0.15, 0.2) is 0 Å². The smallest absolute Gasteiger partial charge is 0.333 e. The lowest BCUT2D eigenvalue weighted by atomic mass is 10.3. The minimum absolute atomic E-state index is 0.253. The van der Waals surface area contributed by atoms with Gasteiger partial charge in [-0.1, -0.05) is 6.58 Å². The van der Waals surface area contributed by atoms with E-state index in [0.717, 1.165) is 0 Å². The van der Waals surface area contributed by atoms with E-state index in [2.05, 4.69) is 11.3 Å². The molecule has 63 valence electrons. The zero-order valence-electron chi connectivity index (χ0n) is 6.37. The van der Waals surface area contributed by atoms with Crippen LogP contribution in [0.1, 0.15) is 6.92 Å². The molecule has 1 radical (unpaired) electrons. The summed E-state index contributed by atoms with van der Waals surface area (Å²) in [7, 11) is 0. The number of aliphatic hydroxyl groups is 1. The molecular weight excluding hydrogens is 148 g/mol. The Kier molecular flexibility index (Phi) is 4.49. The summed E-state index contributed by atoms with van der Waals surface area (Å²) in [6, 6.07) is 0. The van der Waals surface area contributed by atoms with Crippen molar-refractivity contribution in [2.75, 3.05) is 13.2 Å². The number of hydrogen-bond acceptors (Lipinski definition) is 3. The van der Waals surface area contributed by atoms with Gasteiger partial charge in [0.2, 0.25) is 0 Å². The summed E-state index contributed by atoms with van der Waals surface area (Å²) in [5.74, 6) is -0.586. The van der Waals surface area contributed by atoms with Gasteiger partial charge in [-0.3, -0.25) is 0 Å². The molecule has 0 aliphatic rings. The van der Waals surface area contributed by atoms with Gasteiger partial charge >= 0.3 is 5.97 Å². The van der Waals surface area contributed by atoms with Gasteiger partial charge in [0, 0.05) is 5.57 Å². The van der Waals surface area contributed by atoms with E-state index < -0.39 is 18.7 Å². The van der Waals surface area contributed by atoms with Crippen LogP contribution in [0.25, 0.3) is 0 Å². The molecule has 0 aromatic carbocycles. The average molecular weight is 159 g/mol. The molecule has 4 nitrogen and oxygen atoms in total. The first-order valence-corrected chi connectivity index (χ1v) is 3.16. The average Bonchev–Trinajstić information content (AvgIpc) is 1.99. The topological polar surface area (TPSA) is 66.4 Å². The molecule has 0 aliphatic heterocycles. The van der Waals surface area contributed by atoms with E-state index in [1.807, 2.05) is 0 Å². The highest BCUT2D eigenvalue weighted by molar-refractivity contribution is 5.86. The lowest BCUT2D eigenvalue weighted by Crippen LogP contribution is -2.21. The van der Waals surface area contributed by atoms with Gasteiger partial charge in [-0.25, -0.2) is 9.90 Å². The van der Waals surface area contributed by atoms with Crippen LogP contribution in [0, 0.1) is 0 Å². The minimum atomic E-state index is -1.11. The number of carbonyl (C=O) groups is 1. The predicted octanol–water partition coefficient (Wildman–Crippen LogP) is -0.103. The minimum Gasteiger partial charge on any atom is -0.460 e. The van der Waals surface area contributed by atoms with Crippen molar-refractivity contribution in [2.45, 2.75) is 13.0 Å². The van der Waals surface area contributed by atoms with Crippen LogP contribution < -0.4 is 0 Å². The Labute approximate surface area is 65.1 Å². The van der Waals surface area contributed by atoms with E-state index in [0.29, 0.717) is 0 Å². The highest BCUT2D eigenvalue weighted by Crippen LogP contribution is 1.93. The molecule has 0 bridgehead atoms. The van der Waals surface area contributed by atoms with E-state index in [1.54, 1.807) is 0 Å². The number of aliphatic hydroxyl groups excluding tert-OH is 1. The summed E-state index contributed by atoms with van der Waals surface area (Å²) >= 11 is 0. The van der Waals surface area contributed by atoms with Gasteiger partial charge in [0.05, 0.1) is 0 Å². The molecule has 11 heavy (non-hydrogen) atoms. The molecule has 0 aromatic heterocycles. The molecule has 4 heteroatoms. The normalized spacial score (nSPS) is 12.3. The van der Waals surface area contributed by atoms with Crippen molar-refractivity contribution in [3.63, 3.8) is 0 Å². The third kappa shape index (κ3) is 4.52. The van der Waals surface area contributed by atoms with Crippen molar-refractivity contribution in [3.05, 3.63) is 12.2 Å². The van der Waals surface area contributed by atoms with Crippen molar-refractivity contribution in [1.82, 2.24) is 0 Å². The summed E-state index contributed by atoms with van der Waals surface area (Å²) in [5, 5.41) is 18.6.